The van der Waals surface area contributed by atoms with E-state index in [9.17, 15) is 9.59 Å². The number of hydrogen-bond donors (Lipinski definition) is 2. The molecule has 0 radical (unpaired) electrons. The number of rotatable bonds is 5. The second kappa shape index (κ2) is 8.55. The van der Waals surface area contributed by atoms with E-state index in [-0.39, 0.29) is 23.7 Å². The summed E-state index contributed by atoms with van der Waals surface area (Å²) in [6.45, 7) is 4.13. The minimum absolute atomic E-state index is 0.208. The van der Waals surface area contributed by atoms with Gasteiger partial charge in [-0.2, -0.15) is 0 Å². The van der Waals surface area contributed by atoms with E-state index in [0.717, 1.165) is 33.6 Å². The number of benzene rings is 2. The van der Waals surface area contributed by atoms with Crippen molar-refractivity contribution in [1.82, 2.24) is 0 Å². The van der Waals surface area contributed by atoms with E-state index >= 15 is 0 Å². The zero-order valence-corrected chi connectivity index (χ0v) is 20.4. The SMILES string of the molecule is Cc1cc(-c2ccc(NC(=O)C3[C@H]4CCCC[C@@H]34)c(C)c2)ccc1NC(=O)C1[C@H]2CCCC[C@@H]12. The summed E-state index contributed by atoms with van der Waals surface area (Å²) in [5.41, 5.74) is 6.27. The molecule has 4 saturated carbocycles. The van der Waals surface area contributed by atoms with Gasteiger partial charge >= 0.3 is 0 Å². The average Bonchev–Trinajstić information content (AvgIpc) is 3.74. The van der Waals surface area contributed by atoms with E-state index in [0.29, 0.717) is 23.7 Å². The first-order valence-corrected chi connectivity index (χ1v) is 13.3. The van der Waals surface area contributed by atoms with Gasteiger partial charge < -0.3 is 10.6 Å². The fourth-order valence-electron chi connectivity index (χ4n) is 7.16. The Bertz CT molecular complexity index is 1030. The Balaban J connectivity index is 1.11. The predicted molar refractivity (Wildman–Crippen MR) is 136 cm³/mol. The van der Waals surface area contributed by atoms with Crippen molar-refractivity contribution in [2.45, 2.75) is 65.2 Å². The number of nitrogens with one attached hydrogen (secondary N) is 2. The molecule has 6 atom stereocenters. The van der Waals surface area contributed by atoms with Crippen molar-refractivity contribution < 1.29 is 9.59 Å². The van der Waals surface area contributed by atoms with Gasteiger partial charge in [-0.3, -0.25) is 9.59 Å². The van der Waals surface area contributed by atoms with Gasteiger partial charge in [0.05, 0.1) is 0 Å². The third-order valence-electron chi connectivity index (χ3n) is 9.22. The van der Waals surface area contributed by atoms with E-state index in [4.69, 9.17) is 0 Å². The summed E-state index contributed by atoms with van der Waals surface area (Å²) in [4.78, 5) is 25.6. The van der Waals surface area contributed by atoms with Gasteiger partial charge in [0.1, 0.15) is 0 Å². The molecule has 4 heteroatoms. The molecular formula is C30H36N2O2. The average molecular weight is 457 g/mol. The number of carbonyl (C=O) groups is 2. The number of aryl methyl sites for hydroxylation is 2. The summed E-state index contributed by atoms with van der Waals surface area (Å²) >= 11 is 0. The van der Waals surface area contributed by atoms with Crippen LogP contribution >= 0.6 is 0 Å². The fraction of sp³-hybridized carbons (Fsp3) is 0.533. The predicted octanol–water partition coefficient (Wildman–Crippen LogP) is 6.72. The maximum Gasteiger partial charge on any atom is 0.228 e. The highest BCUT2D eigenvalue weighted by atomic mass is 16.2. The Kier molecular flexibility index (Phi) is 5.50. The van der Waals surface area contributed by atoms with Crippen LogP contribution in [-0.2, 0) is 9.59 Å². The lowest BCUT2D eigenvalue weighted by Crippen LogP contribution is -2.16. The first kappa shape index (κ1) is 21.9. The Labute approximate surface area is 202 Å². The van der Waals surface area contributed by atoms with Gasteiger partial charge in [0.15, 0.2) is 0 Å². The molecule has 2 aromatic rings. The maximum absolute atomic E-state index is 12.8. The zero-order chi connectivity index (χ0) is 23.4. The standard InChI is InChI=1S/C30H36N2O2/c1-17-15-19(11-13-25(17)31-29(33)27-21-7-3-4-8-22(21)27)20-12-14-26(18(2)16-20)32-30(34)28-23-9-5-6-10-24(23)28/h11-16,21-24,27-28H,3-10H2,1-2H3,(H,31,33)(H,32,34)/t21-,22+,23-,24+,27?,28?. The van der Waals surface area contributed by atoms with Gasteiger partial charge in [0, 0.05) is 23.2 Å². The largest absolute Gasteiger partial charge is 0.326 e. The Morgan fingerprint density at radius 1 is 0.618 bits per heavy atom. The second-order valence-corrected chi connectivity index (χ2v) is 11.3. The van der Waals surface area contributed by atoms with Crippen molar-refractivity contribution in [1.29, 1.82) is 0 Å². The first-order valence-electron chi connectivity index (χ1n) is 13.3. The summed E-state index contributed by atoms with van der Waals surface area (Å²) in [5, 5.41) is 6.40. The number of amides is 2. The lowest BCUT2D eigenvalue weighted by molar-refractivity contribution is -0.118. The summed E-state index contributed by atoms with van der Waals surface area (Å²) in [6, 6.07) is 12.5. The van der Waals surface area contributed by atoms with Crippen molar-refractivity contribution in [2.24, 2.45) is 35.5 Å². The van der Waals surface area contributed by atoms with Gasteiger partial charge in [0.2, 0.25) is 11.8 Å². The summed E-state index contributed by atoms with van der Waals surface area (Å²) in [6.07, 6.45) is 10.0. The molecule has 0 heterocycles. The van der Waals surface area contributed by atoms with Crippen LogP contribution in [0.4, 0.5) is 11.4 Å². The Morgan fingerprint density at radius 3 is 1.29 bits per heavy atom. The fourth-order valence-corrected chi connectivity index (χ4v) is 7.16. The molecule has 2 unspecified atom stereocenters. The molecule has 2 aromatic carbocycles. The third kappa shape index (κ3) is 3.95. The smallest absolute Gasteiger partial charge is 0.228 e. The van der Waals surface area contributed by atoms with Crippen molar-refractivity contribution in [2.75, 3.05) is 10.6 Å². The van der Waals surface area contributed by atoms with Gasteiger partial charge in [-0.1, -0.05) is 37.8 Å². The highest BCUT2D eigenvalue weighted by Gasteiger charge is 2.55. The first-order chi connectivity index (χ1) is 16.5. The molecule has 0 spiro atoms. The molecule has 6 rings (SSSR count). The normalized spacial score (nSPS) is 31.1. The molecule has 178 valence electrons. The molecule has 4 nitrogen and oxygen atoms in total. The van der Waals surface area contributed by atoms with Crippen molar-refractivity contribution in [3.8, 4) is 11.1 Å². The second-order valence-electron chi connectivity index (χ2n) is 11.3. The summed E-state index contributed by atoms with van der Waals surface area (Å²) < 4.78 is 0. The van der Waals surface area contributed by atoms with Gasteiger partial charge in [-0.25, -0.2) is 0 Å². The number of anilines is 2. The summed E-state index contributed by atoms with van der Waals surface area (Å²) in [7, 11) is 0. The monoisotopic (exact) mass is 456 g/mol. The molecule has 0 aromatic heterocycles. The van der Waals surface area contributed by atoms with Crippen LogP contribution < -0.4 is 10.6 Å². The number of carbonyl (C=O) groups excluding carboxylic acids is 2. The quantitative estimate of drug-likeness (QED) is 0.525. The Hall–Kier alpha value is -2.62. The van der Waals surface area contributed by atoms with Crippen LogP contribution in [-0.4, -0.2) is 11.8 Å². The van der Waals surface area contributed by atoms with Crippen molar-refractivity contribution in [3.05, 3.63) is 47.5 Å². The minimum Gasteiger partial charge on any atom is -0.326 e. The van der Waals surface area contributed by atoms with Crippen LogP contribution in [0.15, 0.2) is 36.4 Å². The van der Waals surface area contributed by atoms with E-state index in [2.05, 4.69) is 48.7 Å². The molecule has 34 heavy (non-hydrogen) atoms. The lowest BCUT2D eigenvalue weighted by Gasteiger charge is -2.13. The molecular weight excluding hydrogens is 420 g/mol. The zero-order valence-electron chi connectivity index (χ0n) is 20.4. The van der Waals surface area contributed by atoms with E-state index in [1.165, 1.54) is 51.4 Å². The lowest BCUT2D eigenvalue weighted by atomic mass is 9.99. The van der Waals surface area contributed by atoms with Gasteiger partial charge in [0.25, 0.3) is 0 Å². The number of hydrogen-bond acceptors (Lipinski definition) is 2. The third-order valence-corrected chi connectivity index (χ3v) is 9.22. The maximum atomic E-state index is 12.8. The van der Waals surface area contributed by atoms with Crippen LogP contribution in [0.25, 0.3) is 11.1 Å². The molecule has 4 aliphatic rings. The van der Waals surface area contributed by atoms with Crippen molar-refractivity contribution in [3.63, 3.8) is 0 Å². The van der Waals surface area contributed by atoms with Crippen LogP contribution in [0.1, 0.15) is 62.5 Å². The topological polar surface area (TPSA) is 58.2 Å². The van der Waals surface area contributed by atoms with Crippen LogP contribution in [0.3, 0.4) is 0 Å². The number of fused-ring (bicyclic) bond motifs is 2. The molecule has 0 bridgehead atoms. The molecule has 2 amide bonds. The Morgan fingerprint density at radius 2 is 0.971 bits per heavy atom. The summed E-state index contributed by atoms with van der Waals surface area (Å²) in [5.74, 6) is 3.37. The van der Waals surface area contributed by atoms with Gasteiger partial charge in [-0.15, -0.1) is 0 Å². The van der Waals surface area contributed by atoms with E-state index in [1.807, 2.05) is 12.1 Å². The molecule has 2 N–H and O–H groups in total. The van der Waals surface area contributed by atoms with Crippen LogP contribution in [0.5, 0.6) is 0 Å². The van der Waals surface area contributed by atoms with E-state index < -0.39 is 0 Å². The van der Waals surface area contributed by atoms with Crippen LogP contribution in [0.2, 0.25) is 0 Å². The van der Waals surface area contributed by atoms with Crippen molar-refractivity contribution >= 4 is 23.2 Å². The van der Waals surface area contributed by atoms with Gasteiger partial charge in [-0.05, 0) is 110 Å². The molecule has 0 aliphatic heterocycles. The molecule has 4 aliphatic carbocycles. The highest BCUT2D eigenvalue weighted by Crippen LogP contribution is 2.56. The minimum atomic E-state index is 0.208. The van der Waals surface area contributed by atoms with Crippen LogP contribution in [0, 0.1) is 49.4 Å². The molecule has 4 fully saturated rings. The van der Waals surface area contributed by atoms with E-state index in [1.54, 1.807) is 0 Å². The highest BCUT2D eigenvalue weighted by molar-refractivity contribution is 5.97. The molecule has 0 saturated heterocycles.